The van der Waals surface area contributed by atoms with E-state index in [1.54, 1.807) is 11.3 Å². The average Bonchev–Trinajstić information content (AvgIpc) is 3.47. The predicted octanol–water partition coefficient (Wildman–Crippen LogP) is 3.45. The third kappa shape index (κ3) is 2.49. The summed E-state index contributed by atoms with van der Waals surface area (Å²) in [5.41, 5.74) is 2.71. The van der Waals surface area contributed by atoms with Gasteiger partial charge in [-0.2, -0.15) is 0 Å². The van der Waals surface area contributed by atoms with Crippen molar-refractivity contribution in [3.63, 3.8) is 0 Å². The summed E-state index contributed by atoms with van der Waals surface area (Å²) in [6.07, 6.45) is 1.18. The predicted molar refractivity (Wildman–Crippen MR) is 108 cm³/mol. The lowest BCUT2D eigenvalue weighted by Crippen LogP contribution is -2.31. The number of nitrogens with one attached hydrogen (secondary N) is 3. The Morgan fingerprint density at radius 1 is 1.03 bits per heavy atom. The standard InChI is InChI=1S/C21H17N3O4S/c25-13-7-11(16-2-1-5-29-16)6-12-18(13)17(19-20(22-12)23-24-21(19)26)10-3-4-14-15(8-10)28-9-27-14/h1-5,8,11,17H,6-7,9H2,(H3,22,23,24,26). The van der Waals surface area contributed by atoms with Gasteiger partial charge in [0.05, 0.1) is 5.56 Å². The highest BCUT2D eigenvalue weighted by atomic mass is 32.1. The first-order valence-corrected chi connectivity index (χ1v) is 10.3. The van der Waals surface area contributed by atoms with Crippen LogP contribution in [-0.2, 0) is 4.79 Å². The van der Waals surface area contributed by atoms with E-state index in [1.165, 1.54) is 4.88 Å². The Balaban J connectivity index is 1.50. The molecule has 3 aromatic rings. The molecule has 8 heteroatoms. The van der Waals surface area contributed by atoms with Crippen LogP contribution < -0.4 is 20.3 Å². The van der Waals surface area contributed by atoms with Crippen molar-refractivity contribution in [3.05, 3.63) is 73.3 Å². The molecule has 4 heterocycles. The van der Waals surface area contributed by atoms with Crippen molar-refractivity contribution in [1.29, 1.82) is 0 Å². The second-order valence-corrected chi connectivity index (χ2v) is 8.45. The Hall–Kier alpha value is -3.26. The van der Waals surface area contributed by atoms with Crippen LogP contribution >= 0.6 is 11.3 Å². The number of benzene rings is 1. The first-order valence-electron chi connectivity index (χ1n) is 9.46. The number of carbonyl (C=O) groups excluding carboxylic acids is 1. The molecule has 2 unspecified atom stereocenters. The molecule has 1 aromatic carbocycles. The number of hydrogen-bond acceptors (Lipinski definition) is 6. The molecule has 0 saturated heterocycles. The topological polar surface area (TPSA) is 96.2 Å². The molecule has 0 fully saturated rings. The van der Waals surface area contributed by atoms with Crippen LogP contribution in [0.1, 0.15) is 40.7 Å². The fraction of sp³-hybridized carbons (Fsp3) is 0.238. The molecular weight excluding hydrogens is 390 g/mol. The summed E-state index contributed by atoms with van der Waals surface area (Å²) in [5, 5.41) is 10.9. The Bertz CT molecular complexity index is 1220. The van der Waals surface area contributed by atoms with Crippen LogP contribution in [0.15, 0.2) is 51.8 Å². The zero-order chi connectivity index (χ0) is 19.5. The van der Waals surface area contributed by atoms with Gasteiger partial charge in [0, 0.05) is 34.4 Å². The highest BCUT2D eigenvalue weighted by molar-refractivity contribution is 7.10. The van der Waals surface area contributed by atoms with Gasteiger partial charge in [-0.15, -0.1) is 11.3 Å². The number of H-pyrrole nitrogens is 2. The third-order valence-electron chi connectivity index (χ3n) is 5.85. The first-order chi connectivity index (χ1) is 14.2. The van der Waals surface area contributed by atoms with E-state index in [2.05, 4.69) is 21.6 Å². The minimum atomic E-state index is -0.442. The number of fused-ring (bicyclic) bond motifs is 2. The van der Waals surface area contributed by atoms with Crippen LogP contribution in [-0.4, -0.2) is 22.8 Å². The van der Waals surface area contributed by atoms with Crippen LogP contribution in [0.3, 0.4) is 0 Å². The van der Waals surface area contributed by atoms with Crippen LogP contribution in [0.5, 0.6) is 11.5 Å². The lowest BCUT2D eigenvalue weighted by atomic mass is 9.74. The van der Waals surface area contributed by atoms with Crippen molar-refractivity contribution in [2.45, 2.75) is 24.7 Å². The summed E-state index contributed by atoms with van der Waals surface area (Å²) in [6.45, 7) is 0.177. The van der Waals surface area contributed by atoms with E-state index >= 15 is 0 Å². The number of ether oxygens (including phenoxy) is 2. The van der Waals surface area contributed by atoms with Gasteiger partial charge in [0.1, 0.15) is 5.82 Å². The molecule has 3 aliphatic rings. The zero-order valence-electron chi connectivity index (χ0n) is 15.3. The molecule has 6 rings (SSSR count). The molecule has 0 radical (unpaired) electrons. The largest absolute Gasteiger partial charge is 0.454 e. The molecule has 146 valence electrons. The summed E-state index contributed by atoms with van der Waals surface area (Å²) in [5.74, 6) is 1.72. The number of hydrogen-bond donors (Lipinski definition) is 3. The van der Waals surface area contributed by atoms with E-state index in [0.29, 0.717) is 34.9 Å². The minimum absolute atomic E-state index is 0.0751. The molecule has 0 spiro atoms. The summed E-state index contributed by atoms with van der Waals surface area (Å²) >= 11 is 1.67. The van der Waals surface area contributed by atoms with Gasteiger partial charge in [-0.3, -0.25) is 19.8 Å². The molecule has 2 atom stereocenters. The number of anilines is 1. The van der Waals surface area contributed by atoms with Crippen molar-refractivity contribution in [1.82, 2.24) is 10.2 Å². The molecule has 0 amide bonds. The van der Waals surface area contributed by atoms with Crippen molar-refractivity contribution in [3.8, 4) is 11.5 Å². The normalized spacial score (nSPS) is 22.3. The Kier molecular flexibility index (Phi) is 3.52. The van der Waals surface area contributed by atoms with E-state index in [9.17, 15) is 9.59 Å². The number of rotatable bonds is 2. The van der Waals surface area contributed by atoms with Gasteiger partial charge in [-0.25, -0.2) is 0 Å². The highest BCUT2D eigenvalue weighted by Gasteiger charge is 2.41. The van der Waals surface area contributed by atoms with E-state index in [4.69, 9.17) is 9.47 Å². The molecule has 2 aliphatic heterocycles. The number of thiophene rings is 1. The van der Waals surface area contributed by atoms with Gasteiger partial charge in [0.2, 0.25) is 6.79 Å². The smallest absolute Gasteiger partial charge is 0.270 e. The fourth-order valence-corrected chi connectivity index (χ4v) is 5.40. The molecule has 29 heavy (non-hydrogen) atoms. The van der Waals surface area contributed by atoms with E-state index < -0.39 is 5.92 Å². The summed E-state index contributed by atoms with van der Waals surface area (Å²) in [7, 11) is 0. The van der Waals surface area contributed by atoms with E-state index in [0.717, 1.165) is 17.7 Å². The molecule has 0 saturated carbocycles. The second-order valence-electron chi connectivity index (χ2n) is 7.47. The van der Waals surface area contributed by atoms with Gasteiger partial charge in [-0.1, -0.05) is 12.1 Å². The quantitative estimate of drug-likeness (QED) is 0.605. The number of allylic oxidation sites excluding steroid dienone is 2. The number of Topliss-reactive ketones (excluding diaryl/α,β-unsaturated/α-hetero) is 1. The van der Waals surface area contributed by atoms with Crippen molar-refractivity contribution in [2.24, 2.45) is 0 Å². The maximum atomic E-state index is 13.3. The number of ketones is 1. The van der Waals surface area contributed by atoms with Crippen molar-refractivity contribution in [2.75, 3.05) is 12.1 Å². The minimum Gasteiger partial charge on any atom is -0.454 e. The van der Waals surface area contributed by atoms with Gasteiger partial charge >= 0.3 is 0 Å². The second kappa shape index (κ2) is 6.12. The molecule has 0 bridgehead atoms. The van der Waals surface area contributed by atoms with E-state index in [1.807, 2.05) is 29.6 Å². The van der Waals surface area contributed by atoms with Crippen LogP contribution in [0.25, 0.3) is 0 Å². The van der Waals surface area contributed by atoms with E-state index in [-0.39, 0.29) is 24.1 Å². The van der Waals surface area contributed by atoms with Crippen molar-refractivity contribution >= 4 is 22.9 Å². The highest BCUT2D eigenvalue weighted by Crippen LogP contribution is 2.48. The number of aromatic nitrogens is 2. The maximum Gasteiger partial charge on any atom is 0.270 e. The third-order valence-corrected chi connectivity index (χ3v) is 6.89. The fourth-order valence-electron chi connectivity index (χ4n) is 4.57. The molecular formula is C21H17N3O4S. The van der Waals surface area contributed by atoms with Gasteiger partial charge in [0.25, 0.3) is 5.56 Å². The Morgan fingerprint density at radius 2 is 1.93 bits per heavy atom. The average molecular weight is 407 g/mol. The summed E-state index contributed by atoms with van der Waals surface area (Å²) in [6, 6.07) is 9.71. The van der Waals surface area contributed by atoms with Crippen LogP contribution in [0.2, 0.25) is 0 Å². The first kappa shape index (κ1) is 16.7. The molecule has 1 aliphatic carbocycles. The summed E-state index contributed by atoms with van der Waals surface area (Å²) in [4.78, 5) is 27.1. The van der Waals surface area contributed by atoms with Crippen LogP contribution in [0.4, 0.5) is 5.82 Å². The van der Waals surface area contributed by atoms with Crippen molar-refractivity contribution < 1.29 is 14.3 Å². The SMILES string of the molecule is O=C1CC(c2cccs2)CC2=C1C(c1ccc3c(c1)OCO3)c1c([nH][nH]c1=O)N2. The Morgan fingerprint density at radius 3 is 2.79 bits per heavy atom. The maximum absolute atomic E-state index is 13.3. The Labute approximate surface area is 169 Å². The molecule has 7 nitrogen and oxygen atoms in total. The number of carbonyl (C=O) groups is 1. The zero-order valence-corrected chi connectivity index (χ0v) is 16.1. The lowest BCUT2D eigenvalue weighted by Gasteiger charge is -2.34. The summed E-state index contributed by atoms with van der Waals surface area (Å²) < 4.78 is 10.9. The van der Waals surface area contributed by atoms with Gasteiger partial charge in [0.15, 0.2) is 17.3 Å². The monoisotopic (exact) mass is 407 g/mol. The van der Waals surface area contributed by atoms with Gasteiger partial charge < -0.3 is 14.8 Å². The molecule has 3 N–H and O–H groups in total. The number of aromatic amines is 2. The lowest BCUT2D eigenvalue weighted by molar-refractivity contribution is -0.116. The van der Waals surface area contributed by atoms with Crippen LogP contribution in [0, 0.1) is 0 Å². The molecule has 2 aromatic heterocycles. The van der Waals surface area contributed by atoms with Gasteiger partial charge in [-0.05, 0) is 35.6 Å².